The van der Waals surface area contributed by atoms with Gasteiger partial charge in [0.25, 0.3) is 0 Å². The predicted octanol–water partition coefficient (Wildman–Crippen LogP) is 2.67. The summed E-state index contributed by atoms with van der Waals surface area (Å²) in [5.41, 5.74) is 2.37. The molecule has 0 saturated carbocycles. The summed E-state index contributed by atoms with van der Waals surface area (Å²) in [7, 11) is 0. The van der Waals surface area contributed by atoms with Crippen LogP contribution in [0.1, 0.15) is 32.3 Å². The van der Waals surface area contributed by atoms with E-state index in [0.29, 0.717) is 6.54 Å². The van der Waals surface area contributed by atoms with Gasteiger partial charge >= 0.3 is 0 Å². The van der Waals surface area contributed by atoms with Crippen LogP contribution < -0.4 is 10.6 Å². The van der Waals surface area contributed by atoms with Crippen LogP contribution in [0.25, 0.3) is 10.9 Å². The van der Waals surface area contributed by atoms with Crippen LogP contribution in [0.5, 0.6) is 0 Å². The van der Waals surface area contributed by atoms with Crippen LogP contribution in [0.2, 0.25) is 0 Å². The third-order valence-corrected chi connectivity index (χ3v) is 3.60. The van der Waals surface area contributed by atoms with Crippen molar-refractivity contribution in [3.63, 3.8) is 0 Å². The SMILES string of the molecule is CCCCNC(=O)Cn1cc(CNCC)c2ccccc21. The van der Waals surface area contributed by atoms with Crippen LogP contribution in [-0.4, -0.2) is 23.6 Å². The van der Waals surface area contributed by atoms with Gasteiger partial charge in [-0.3, -0.25) is 4.79 Å². The molecule has 0 radical (unpaired) electrons. The molecule has 4 nitrogen and oxygen atoms in total. The summed E-state index contributed by atoms with van der Waals surface area (Å²) in [4.78, 5) is 12.0. The quantitative estimate of drug-likeness (QED) is 0.733. The molecular weight excluding hydrogens is 262 g/mol. The number of rotatable bonds is 8. The molecule has 0 saturated heterocycles. The van der Waals surface area contributed by atoms with E-state index in [4.69, 9.17) is 0 Å². The molecule has 2 aromatic rings. The number of nitrogens with zero attached hydrogens (tertiary/aromatic N) is 1. The van der Waals surface area contributed by atoms with E-state index in [9.17, 15) is 4.79 Å². The zero-order chi connectivity index (χ0) is 15.1. The van der Waals surface area contributed by atoms with Crippen molar-refractivity contribution in [2.24, 2.45) is 0 Å². The number of hydrogen-bond donors (Lipinski definition) is 2. The fraction of sp³-hybridized carbons (Fsp3) is 0.471. The molecule has 2 N–H and O–H groups in total. The molecule has 0 unspecified atom stereocenters. The Morgan fingerprint density at radius 2 is 2.05 bits per heavy atom. The number of amides is 1. The van der Waals surface area contributed by atoms with Crippen molar-refractivity contribution >= 4 is 16.8 Å². The Hall–Kier alpha value is -1.81. The fourth-order valence-corrected chi connectivity index (χ4v) is 2.47. The summed E-state index contributed by atoms with van der Waals surface area (Å²) in [6.45, 7) is 7.15. The highest BCUT2D eigenvalue weighted by Gasteiger charge is 2.10. The predicted molar refractivity (Wildman–Crippen MR) is 87.2 cm³/mol. The molecule has 0 aliphatic heterocycles. The Morgan fingerprint density at radius 1 is 1.24 bits per heavy atom. The first kappa shape index (κ1) is 15.6. The van der Waals surface area contributed by atoms with E-state index in [1.165, 1.54) is 10.9 Å². The van der Waals surface area contributed by atoms with Crippen molar-refractivity contribution in [3.05, 3.63) is 36.0 Å². The fourth-order valence-electron chi connectivity index (χ4n) is 2.47. The van der Waals surface area contributed by atoms with Gasteiger partial charge in [-0.25, -0.2) is 0 Å². The number of fused-ring (bicyclic) bond motifs is 1. The van der Waals surface area contributed by atoms with E-state index in [-0.39, 0.29) is 5.91 Å². The molecule has 0 atom stereocenters. The second kappa shape index (κ2) is 7.84. The zero-order valence-electron chi connectivity index (χ0n) is 13.0. The summed E-state index contributed by atoms with van der Waals surface area (Å²) in [6, 6.07) is 8.26. The molecule has 1 amide bonds. The molecule has 4 heteroatoms. The molecule has 1 heterocycles. The minimum atomic E-state index is 0.0826. The summed E-state index contributed by atoms with van der Waals surface area (Å²) in [5, 5.41) is 7.55. The van der Waals surface area contributed by atoms with Gasteiger partial charge in [0, 0.05) is 30.2 Å². The minimum absolute atomic E-state index is 0.0826. The number of nitrogens with one attached hydrogen (secondary N) is 2. The first-order valence-electron chi connectivity index (χ1n) is 7.80. The summed E-state index contributed by atoms with van der Waals surface area (Å²) in [5.74, 6) is 0.0826. The van der Waals surface area contributed by atoms with Crippen LogP contribution in [0.15, 0.2) is 30.5 Å². The summed E-state index contributed by atoms with van der Waals surface area (Å²) in [6.07, 6.45) is 4.22. The second-order valence-corrected chi connectivity index (χ2v) is 5.28. The first-order valence-corrected chi connectivity index (χ1v) is 7.80. The van der Waals surface area contributed by atoms with Gasteiger partial charge < -0.3 is 15.2 Å². The van der Waals surface area contributed by atoms with Crippen molar-refractivity contribution in [3.8, 4) is 0 Å². The van der Waals surface area contributed by atoms with Gasteiger partial charge in [0.2, 0.25) is 5.91 Å². The molecule has 0 spiro atoms. The lowest BCUT2D eigenvalue weighted by Crippen LogP contribution is -2.28. The van der Waals surface area contributed by atoms with E-state index in [0.717, 1.165) is 38.0 Å². The Kier molecular flexibility index (Phi) is 5.81. The van der Waals surface area contributed by atoms with Gasteiger partial charge in [-0.1, -0.05) is 38.5 Å². The van der Waals surface area contributed by atoms with E-state index in [1.807, 2.05) is 16.7 Å². The molecule has 114 valence electrons. The third kappa shape index (κ3) is 4.08. The van der Waals surface area contributed by atoms with Crippen LogP contribution in [0.4, 0.5) is 0 Å². The van der Waals surface area contributed by atoms with Crippen LogP contribution in [-0.2, 0) is 17.9 Å². The number of benzene rings is 1. The monoisotopic (exact) mass is 287 g/mol. The van der Waals surface area contributed by atoms with Crippen molar-refractivity contribution in [2.75, 3.05) is 13.1 Å². The molecular formula is C17H25N3O. The number of unbranched alkanes of at least 4 members (excludes halogenated alkanes) is 1. The normalized spacial score (nSPS) is 11.0. The van der Waals surface area contributed by atoms with Crippen LogP contribution in [0, 0.1) is 0 Å². The Balaban J connectivity index is 2.13. The van der Waals surface area contributed by atoms with Crippen molar-refractivity contribution in [1.29, 1.82) is 0 Å². The maximum absolute atomic E-state index is 12.0. The molecule has 0 aliphatic carbocycles. The van der Waals surface area contributed by atoms with Crippen molar-refractivity contribution in [2.45, 2.75) is 39.8 Å². The van der Waals surface area contributed by atoms with Gasteiger partial charge in [0.1, 0.15) is 6.54 Å². The van der Waals surface area contributed by atoms with E-state index in [1.54, 1.807) is 0 Å². The number of para-hydroxylation sites is 1. The number of aromatic nitrogens is 1. The largest absolute Gasteiger partial charge is 0.355 e. The van der Waals surface area contributed by atoms with Crippen molar-refractivity contribution in [1.82, 2.24) is 15.2 Å². The first-order chi connectivity index (χ1) is 10.3. The lowest BCUT2D eigenvalue weighted by Gasteiger charge is -2.06. The lowest BCUT2D eigenvalue weighted by atomic mass is 10.2. The number of hydrogen-bond acceptors (Lipinski definition) is 2. The number of carbonyl (C=O) groups is 1. The summed E-state index contributed by atoms with van der Waals surface area (Å²) < 4.78 is 2.04. The average Bonchev–Trinajstić information content (AvgIpc) is 2.84. The minimum Gasteiger partial charge on any atom is -0.355 e. The zero-order valence-corrected chi connectivity index (χ0v) is 13.0. The van der Waals surface area contributed by atoms with Gasteiger partial charge in [-0.2, -0.15) is 0 Å². The van der Waals surface area contributed by atoms with Gasteiger partial charge in [-0.05, 0) is 24.6 Å². The number of carbonyl (C=O) groups excluding carboxylic acids is 1. The Bertz CT molecular complexity index is 589. The van der Waals surface area contributed by atoms with E-state index < -0.39 is 0 Å². The standard InChI is InChI=1S/C17H25N3O/c1-3-5-10-19-17(21)13-20-12-14(11-18-4-2)15-8-6-7-9-16(15)20/h6-9,12,18H,3-5,10-11,13H2,1-2H3,(H,19,21). The van der Waals surface area contributed by atoms with Crippen LogP contribution in [0.3, 0.4) is 0 Å². The second-order valence-electron chi connectivity index (χ2n) is 5.28. The molecule has 0 aliphatic rings. The Morgan fingerprint density at radius 3 is 2.81 bits per heavy atom. The highest BCUT2D eigenvalue weighted by atomic mass is 16.1. The maximum atomic E-state index is 12.0. The van der Waals surface area contributed by atoms with Gasteiger partial charge in [0.05, 0.1) is 0 Å². The summed E-state index contributed by atoms with van der Waals surface area (Å²) >= 11 is 0. The van der Waals surface area contributed by atoms with Gasteiger partial charge in [0.15, 0.2) is 0 Å². The topological polar surface area (TPSA) is 46.1 Å². The van der Waals surface area contributed by atoms with Gasteiger partial charge in [-0.15, -0.1) is 0 Å². The highest BCUT2D eigenvalue weighted by molar-refractivity contribution is 5.86. The Labute approximate surface area is 126 Å². The molecule has 1 aromatic carbocycles. The van der Waals surface area contributed by atoms with E-state index in [2.05, 4.69) is 42.8 Å². The molecule has 2 rings (SSSR count). The smallest absolute Gasteiger partial charge is 0.239 e. The maximum Gasteiger partial charge on any atom is 0.239 e. The lowest BCUT2D eigenvalue weighted by molar-refractivity contribution is -0.121. The third-order valence-electron chi connectivity index (χ3n) is 3.60. The van der Waals surface area contributed by atoms with Crippen LogP contribution >= 0.6 is 0 Å². The molecule has 0 fully saturated rings. The average molecular weight is 287 g/mol. The molecule has 1 aromatic heterocycles. The highest BCUT2D eigenvalue weighted by Crippen LogP contribution is 2.21. The molecule has 0 bridgehead atoms. The van der Waals surface area contributed by atoms with Crippen molar-refractivity contribution < 1.29 is 4.79 Å². The van der Waals surface area contributed by atoms with E-state index >= 15 is 0 Å². The molecule has 21 heavy (non-hydrogen) atoms.